The molecule has 3 nitrogen and oxygen atoms in total. The molecule has 16 heavy (non-hydrogen) atoms. The number of nitrogens with zero attached hydrogens (tertiary/aromatic N) is 1. The number of carbonyl (C=O) groups excluding carboxylic acids is 1. The maximum atomic E-state index is 12.1. The standard InChI is InChI=1S/C12H14BrNO2/c1-16-11-6-7-14(8-11)12(15)9-2-4-10(13)5-3-9/h2-5,11H,6-8H2,1H3/t11-/m1/s1. The Morgan fingerprint density at radius 2 is 2.12 bits per heavy atom. The third-order valence-corrected chi connectivity index (χ3v) is 3.39. The maximum Gasteiger partial charge on any atom is 0.253 e. The van der Waals surface area contributed by atoms with Gasteiger partial charge in [0.25, 0.3) is 5.91 Å². The fourth-order valence-electron chi connectivity index (χ4n) is 1.88. The molecular formula is C12H14BrNO2. The molecule has 0 spiro atoms. The SMILES string of the molecule is CO[C@@H]1CCN(C(=O)c2ccc(Br)cc2)C1. The summed E-state index contributed by atoms with van der Waals surface area (Å²) in [5.41, 5.74) is 0.736. The first-order valence-corrected chi connectivity index (χ1v) is 6.07. The summed E-state index contributed by atoms with van der Waals surface area (Å²) < 4.78 is 6.23. The summed E-state index contributed by atoms with van der Waals surface area (Å²) >= 11 is 3.35. The number of benzene rings is 1. The molecule has 0 N–H and O–H groups in total. The lowest BCUT2D eigenvalue weighted by Gasteiger charge is -2.16. The minimum atomic E-state index is 0.0899. The van der Waals surface area contributed by atoms with Gasteiger partial charge in [-0.25, -0.2) is 0 Å². The summed E-state index contributed by atoms with van der Waals surface area (Å²) in [6.45, 7) is 1.48. The van der Waals surface area contributed by atoms with Crippen molar-refractivity contribution in [2.24, 2.45) is 0 Å². The Morgan fingerprint density at radius 3 is 2.69 bits per heavy atom. The summed E-state index contributed by atoms with van der Waals surface area (Å²) in [4.78, 5) is 13.9. The topological polar surface area (TPSA) is 29.5 Å². The van der Waals surface area contributed by atoms with Crippen LogP contribution in [0.25, 0.3) is 0 Å². The lowest BCUT2D eigenvalue weighted by Crippen LogP contribution is -2.29. The summed E-state index contributed by atoms with van der Waals surface area (Å²) in [5, 5.41) is 0. The molecule has 0 aromatic heterocycles. The Labute approximate surface area is 104 Å². The van der Waals surface area contributed by atoms with E-state index in [0.29, 0.717) is 6.54 Å². The molecule has 1 saturated heterocycles. The molecule has 1 aromatic carbocycles. The predicted octanol–water partition coefficient (Wildman–Crippen LogP) is 2.31. The molecule has 0 bridgehead atoms. The fraction of sp³-hybridized carbons (Fsp3) is 0.417. The molecule has 1 aromatic rings. The van der Waals surface area contributed by atoms with Crippen LogP contribution in [0, 0.1) is 0 Å². The zero-order valence-electron chi connectivity index (χ0n) is 9.15. The monoisotopic (exact) mass is 283 g/mol. The number of ether oxygens (including phenoxy) is 1. The first-order chi connectivity index (χ1) is 7.70. The lowest BCUT2D eigenvalue weighted by molar-refractivity contribution is 0.0724. The van der Waals surface area contributed by atoms with Gasteiger partial charge in [-0.15, -0.1) is 0 Å². The van der Waals surface area contributed by atoms with Crippen LogP contribution in [0.4, 0.5) is 0 Å². The van der Waals surface area contributed by atoms with Gasteiger partial charge in [-0.3, -0.25) is 4.79 Å². The van der Waals surface area contributed by atoms with Crippen LogP contribution in [0.2, 0.25) is 0 Å². The second-order valence-corrected chi connectivity index (χ2v) is 4.82. The van der Waals surface area contributed by atoms with Crippen LogP contribution in [0.15, 0.2) is 28.7 Å². The van der Waals surface area contributed by atoms with Crippen LogP contribution in [-0.2, 0) is 4.74 Å². The molecule has 1 atom stereocenters. The molecular weight excluding hydrogens is 270 g/mol. The molecule has 2 rings (SSSR count). The van der Waals surface area contributed by atoms with Gasteiger partial charge in [0.15, 0.2) is 0 Å². The zero-order valence-corrected chi connectivity index (χ0v) is 10.7. The van der Waals surface area contributed by atoms with Crippen LogP contribution in [0.3, 0.4) is 0 Å². The first-order valence-electron chi connectivity index (χ1n) is 5.28. The molecule has 4 heteroatoms. The number of amides is 1. The summed E-state index contributed by atoms with van der Waals surface area (Å²) in [7, 11) is 1.69. The van der Waals surface area contributed by atoms with Crippen molar-refractivity contribution in [3.05, 3.63) is 34.3 Å². The van der Waals surface area contributed by atoms with Gasteiger partial charge in [-0.05, 0) is 30.7 Å². The molecule has 1 heterocycles. The molecule has 0 unspecified atom stereocenters. The van der Waals surface area contributed by atoms with Gasteiger partial charge >= 0.3 is 0 Å². The van der Waals surface area contributed by atoms with Gasteiger partial charge in [0.1, 0.15) is 0 Å². The smallest absolute Gasteiger partial charge is 0.253 e. The van der Waals surface area contributed by atoms with E-state index in [9.17, 15) is 4.79 Å². The van der Waals surface area contributed by atoms with E-state index in [0.717, 1.165) is 23.0 Å². The van der Waals surface area contributed by atoms with E-state index < -0.39 is 0 Å². The summed E-state index contributed by atoms with van der Waals surface area (Å²) in [6.07, 6.45) is 1.12. The molecule has 86 valence electrons. The number of rotatable bonds is 2. The Bertz CT molecular complexity index is 377. The number of halogens is 1. The molecule has 1 fully saturated rings. The van der Waals surface area contributed by atoms with E-state index in [-0.39, 0.29) is 12.0 Å². The predicted molar refractivity (Wildman–Crippen MR) is 65.5 cm³/mol. The minimum Gasteiger partial charge on any atom is -0.380 e. The third-order valence-electron chi connectivity index (χ3n) is 2.86. The Morgan fingerprint density at radius 1 is 1.44 bits per heavy atom. The molecule has 0 saturated carbocycles. The van der Waals surface area contributed by atoms with Gasteiger partial charge in [0.05, 0.1) is 6.10 Å². The highest BCUT2D eigenvalue weighted by atomic mass is 79.9. The molecule has 1 amide bonds. The van der Waals surface area contributed by atoms with Crippen LogP contribution >= 0.6 is 15.9 Å². The lowest BCUT2D eigenvalue weighted by atomic mass is 10.2. The van der Waals surface area contributed by atoms with Crippen LogP contribution in [-0.4, -0.2) is 37.1 Å². The Kier molecular flexibility index (Phi) is 3.61. The van der Waals surface area contributed by atoms with Gasteiger partial charge in [0.2, 0.25) is 0 Å². The summed E-state index contributed by atoms with van der Waals surface area (Å²) in [6, 6.07) is 7.45. The van der Waals surface area contributed by atoms with Crippen LogP contribution in [0.5, 0.6) is 0 Å². The Balaban J connectivity index is 2.05. The average Bonchev–Trinajstić information content (AvgIpc) is 2.77. The largest absolute Gasteiger partial charge is 0.380 e. The number of likely N-dealkylation sites (tertiary alicyclic amines) is 1. The van der Waals surface area contributed by atoms with Crippen molar-refractivity contribution in [2.45, 2.75) is 12.5 Å². The van der Waals surface area contributed by atoms with E-state index in [2.05, 4.69) is 15.9 Å². The highest BCUT2D eigenvalue weighted by Crippen LogP contribution is 2.17. The van der Waals surface area contributed by atoms with Crippen molar-refractivity contribution in [3.8, 4) is 0 Å². The van der Waals surface area contributed by atoms with E-state index in [1.807, 2.05) is 29.2 Å². The second-order valence-electron chi connectivity index (χ2n) is 3.90. The number of hydrogen-bond donors (Lipinski definition) is 0. The van der Waals surface area contributed by atoms with Crippen molar-refractivity contribution >= 4 is 21.8 Å². The van der Waals surface area contributed by atoms with E-state index in [1.165, 1.54) is 0 Å². The Hall–Kier alpha value is -0.870. The van der Waals surface area contributed by atoms with Gasteiger partial charge in [-0.1, -0.05) is 15.9 Å². The first kappa shape index (κ1) is 11.6. The van der Waals surface area contributed by atoms with E-state index >= 15 is 0 Å². The van der Waals surface area contributed by atoms with Gasteiger partial charge < -0.3 is 9.64 Å². The molecule has 1 aliphatic rings. The highest BCUT2D eigenvalue weighted by molar-refractivity contribution is 9.10. The van der Waals surface area contributed by atoms with Crippen molar-refractivity contribution in [1.82, 2.24) is 4.90 Å². The van der Waals surface area contributed by atoms with E-state index in [4.69, 9.17) is 4.74 Å². The third kappa shape index (κ3) is 2.44. The second kappa shape index (κ2) is 4.97. The highest BCUT2D eigenvalue weighted by Gasteiger charge is 2.26. The number of hydrogen-bond acceptors (Lipinski definition) is 2. The molecule has 0 aliphatic carbocycles. The average molecular weight is 284 g/mol. The van der Waals surface area contributed by atoms with Crippen molar-refractivity contribution < 1.29 is 9.53 Å². The van der Waals surface area contributed by atoms with Gasteiger partial charge in [0, 0.05) is 30.2 Å². The summed E-state index contributed by atoms with van der Waals surface area (Å²) in [5.74, 6) is 0.0899. The molecule has 1 aliphatic heterocycles. The number of carbonyl (C=O) groups is 1. The van der Waals surface area contributed by atoms with Crippen LogP contribution < -0.4 is 0 Å². The van der Waals surface area contributed by atoms with Crippen LogP contribution in [0.1, 0.15) is 16.8 Å². The van der Waals surface area contributed by atoms with Crippen molar-refractivity contribution in [1.29, 1.82) is 0 Å². The normalized spacial score (nSPS) is 20.1. The zero-order chi connectivity index (χ0) is 11.5. The quantitative estimate of drug-likeness (QED) is 0.834. The van der Waals surface area contributed by atoms with Gasteiger partial charge in [-0.2, -0.15) is 0 Å². The van der Waals surface area contributed by atoms with E-state index in [1.54, 1.807) is 7.11 Å². The van der Waals surface area contributed by atoms with Crippen molar-refractivity contribution in [2.75, 3.05) is 20.2 Å². The number of methoxy groups -OCH3 is 1. The fourth-order valence-corrected chi connectivity index (χ4v) is 2.14. The van der Waals surface area contributed by atoms with Crippen molar-refractivity contribution in [3.63, 3.8) is 0 Å². The molecule has 0 radical (unpaired) electrons. The minimum absolute atomic E-state index is 0.0899. The maximum absolute atomic E-state index is 12.1.